The van der Waals surface area contributed by atoms with Gasteiger partial charge >= 0.3 is 11.9 Å². The van der Waals surface area contributed by atoms with Gasteiger partial charge in [0.05, 0.1) is 22.6 Å². The molecule has 1 aliphatic heterocycles. The Morgan fingerprint density at radius 2 is 1.97 bits per heavy atom. The summed E-state index contributed by atoms with van der Waals surface area (Å²) in [6, 6.07) is 4.14. The van der Waals surface area contributed by atoms with Gasteiger partial charge in [-0.15, -0.1) is 4.68 Å². The molecule has 2 aromatic heterocycles. The molecule has 0 fully saturated rings. The van der Waals surface area contributed by atoms with Crippen LogP contribution in [0, 0.1) is 22.9 Å². The first-order valence-electron chi connectivity index (χ1n) is 11.5. The molecule has 1 aliphatic rings. The molecule has 1 aromatic carbocycles. The molecule has 3 aromatic rings. The highest BCUT2D eigenvalue weighted by Crippen LogP contribution is 2.35. The maximum atomic E-state index is 15.0. The van der Waals surface area contributed by atoms with Crippen molar-refractivity contribution in [3.8, 4) is 16.9 Å². The molecule has 0 aliphatic carbocycles. The zero-order chi connectivity index (χ0) is 27.3. The molecular formula is C25H27FN6O5. The molecule has 194 valence electrons. The number of nitro groups is 1. The summed E-state index contributed by atoms with van der Waals surface area (Å²) in [7, 11) is 0. The van der Waals surface area contributed by atoms with E-state index in [-0.39, 0.29) is 28.5 Å². The fraction of sp³-hybridized carbons (Fsp3) is 0.360. The lowest BCUT2D eigenvalue weighted by Crippen LogP contribution is -2.43. The number of benzene rings is 1. The van der Waals surface area contributed by atoms with E-state index in [9.17, 15) is 19.7 Å². The first kappa shape index (κ1) is 25.7. The number of nitrogens with zero attached hydrogens (tertiary/aromatic N) is 4. The number of carbonyl (C=O) groups is 2. The first-order chi connectivity index (χ1) is 17.2. The maximum Gasteiger partial charge on any atom is 0.412 e. The van der Waals surface area contributed by atoms with Crippen LogP contribution in [0.2, 0.25) is 0 Å². The van der Waals surface area contributed by atoms with Crippen molar-refractivity contribution in [2.45, 2.75) is 52.6 Å². The molecule has 0 radical (unpaired) electrons. The molecule has 4 rings (SSSR count). The smallest absolute Gasteiger partial charge is 0.412 e. The standard InChI is InChI=1S/C25H27FN6O5/c1-13-7-17(26)20(9-18(13)29-23(34)37-24(2,3)4)31-11-15(21(30-31)32(35)36)19-8-16-14(10-27-19)22(33)28-12-25(16,5)6/h7-11H,12H2,1-6H3,(H,28,33)(H,29,34). The van der Waals surface area contributed by atoms with Gasteiger partial charge in [-0.25, -0.2) is 9.18 Å². The summed E-state index contributed by atoms with van der Waals surface area (Å²) in [5.41, 5.74) is 0.730. The van der Waals surface area contributed by atoms with E-state index in [1.807, 2.05) is 13.8 Å². The van der Waals surface area contributed by atoms with E-state index in [1.54, 1.807) is 33.8 Å². The lowest BCUT2D eigenvalue weighted by molar-refractivity contribution is -0.389. The monoisotopic (exact) mass is 510 g/mol. The van der Waals surface area contributed by atoms with Crippen LogP contribution in [0.1, 0.15) is 56.1 Å². The highest BCUT2D eigenvalue weighted by Gasteiger charge is 2.34. The molecule has 2 N–H and O–H groups in total. The molecule has 37 heavy (non-hydrogen) atoms. The van der Waals surface area contributed by atoms with Crippen LogP contribution in [0.5, 0.6) is 0 Å². The van der Waals surface area contributed by atoms with E-state index in [1.165, 1.54) is 24.5 Å². The van der Waals surface area contributed by atoms with Crippen molar-refractivity contribution in [1.29, 1.82) is 0 Å². The Morgan fingerprint density at radius 1 is 1.27 bits per heavy atom. The van der Waals surface area contributed by atoms with Crippen LogP contribution in [-0.4, -0.2) is 43.8 Å². The van der Waals surface area contributed by atoms with Crippen molar-refractivity contribution in [2.24, 2.45) is 0 Å². The fourth-order valence-electron chi connectivity index (χ4n) is 4.02. The second-order valence-corrected chi connectivity index (χ2v) is 10.5. The second kappa shape index (κ2) is 8.95. The third-order valence-corrected chi connectivity index (χ3v) is 5.89. The van der Waals surface area contributed by atoms with E-state index in [0.717, 1.165) is 4.68 Å². The van der Waals surface area contributed by atoms with Crippen molar-refractivity contribution in [3.05, 3.63) is 63.2 Å². The molecule has 0 saturated carbocycles. The van der Waals surface area contributed by atoms with Crippen LogP contribution >= 0.6 is 0 Å². The van der Waals surface area contributed by atoms with Gasteiger partial charge in [0, 0.05) is 23.8 Å². The molecule has 0 bridgehead atoms. The number of hydrogen-bond acceptors (Lipinski definition) is 7. The second-order valence-electron chi connectivity index (χ2n) is 10.5. The molecular weight excluding hydrogens is 483 g/mol. The van der Waals surface area contributed by atoms with E-state index in [2.05, 4.69) is 20.7 Å². The lowest BCUT2D eigenvalue weighted by atomic mass is 9.79. The SMILES string of the molecule is Cc1cc(F)c(-n2cc(-c3cc4c(cn3)C(=O)NCC4(C)C)c([N+](=O)[O-])n2)cc1NC(=O)OC(C)(C)C. The van der Waals surface area contributed by atoms with Gasteiger partial charge in [0.1, 0.15) is 16.9 Å². The zero-order valence-corrected chi connectivity index (χ0v) is 21.3. The molecule has 2 amide bonds. The quantitative estimate of drug-likeness (QED) is 0.384. The third kappa shape index (κ3) is 5.13. The van der Waals surface area contributed by atoms with Crippen LogP contribution in [0.25, 0.3) is 16.9 Å². The lowest BCUT2D eigenvalue weighted by Gasteiger charge is -2.32. The normalized spacial score (nSPS) is 14.5. The molecule has 3 heterocycles. The molecule has 12 heteroatoms. The number of halogens is 1. The summed E-state index contributed by atoms with van der Waals surface area (Å²) in [6.45, 7) is 11.0. The van der Waals surface area contributed by atoms with E-state index in [4.69, 9.17) is 4.74 Å². The number of hydrogen-bond donors (Lipinski definition) is 2. The number of carbonyl (C=O) groups excluding carboxylic acids is 2. The summed E-state index contributed by atoms with van der Waals surface area (Å²) in [5.74, 6) is -1.51. The minimum Gasteiger partial charge on any atom is -0.444 e. The molecule has 0 spiro atoms. The predicted octanol–water partition coefficient (Wildman–Crippen LogP) is 4.66. The number of nitrogens with one attached hydrogen (secondary N) is 2. The van der Waals surface area contributed by atoms with Gasteiger partial charge in [0.25, 0.3) is 5.91 Å². The highest BCUT2D eigenvalue weighted by atomic mass is 19.1. The summed E-state index contributed by atoms with van der Waals surface area (Å²) < 4.78 is 21.3. The largest absolute Gasteiger partial charge is 0.444 e. The van der Waals surface area contributed by atoms with Crippen LogP contribution in [-0.2, 0) is 10.2 Å². The first-order valence-corrected chi connectivity index (χ1v) is 11.5. The van der Waals surface area contributed by atoms with Gasteiger partial charge in [-0.3, -0.25) is 15.1 Å². The van der Waals surface area contributed by atoms with Crippen molar-refractivity contribution >= 4 is 23.5 Å². The Balaban J connectivity index is 1.79. The van der Waals surface area contributed by atoms with Gasteiger partial charge in [0.15, 0.2) is 5.82 Å². The number of pyridine rings is 1. The number of amides is 2. The van der Waals surface area contributed by atoms with Crippen LogP contribution in [0.3, 0.4) is 0 Å². The van der Waals surface area contributed by atoms with Gasteiger partial charge in [-0.2, -0.15) is 0 Å². The number of ether oxygens (including phenoxy) is 1. The summed E-state index contributed by atoms with van der Waals surface area (Å²) in [4.78, 5) is 40.0. The predicted molar refractivity (Wildman–Crippen MR) is 133 cm³/mol. The van der Waals surface area contributed by atoms with Crippen LogP contribution < -0.4 is 10.6 Å². The van der Waals surface area contributed by atoms with Crippen molar-refractivity contribution in [3.63, 3.8) is 0 Å². The molecule has 11 nitrogen and oxygen atoms in total. The van der Waals surface area contributed by atoms with Gasteiger partial charge < -0.3 is 20.2 Å². The topological polar surface area (TPSA) is 141 Å². The molecule has 0 unspecified atom stereocenters. The minimum absolute atomic E-state index is 0.0520. The molecule has 0 atom stereocenters. The average Bonchev–Trinajstić information content (AvgIpc) is 3.22. The number of anilines is 1. The van der Waals surface area contributed by atoms with Gasteiger partial charge in [-0.1, -0.05) is 13.8 Å². The number of aryl methyl sites for hydroxylation is 1. The number of fused-ring (bicyclic) bond motifs is 1. The Morgan fingerprint density at radius 3 is 2.62 bits per heavy atom. The van der Waals surface area contributed by atoms with Crippen LogP contribution in [0.4, 0.5) is 20.7 Å². The number of rotatable bonds is 4. The average molecular weight is 511 g/mol. The Hall–Kier alpha value is -4.35. The van der Waals surface area contributed by atoms with Crippen molar-refractivity contribution in [1.82, 2.24) is 20.1 Å². The Labute approximate surface area is 212 Å². The summed E-state index contributed by atoms with van der Waals surface area (Å²) in [6.07, 6.45) is 1.94. The highest BCUT2D eigenvalue weighted by molar-refractivity contribution is 5.97. The van der Waals surface area contributed by atoms with E-state index in [0.29, 0.717) is 23.2 Å². The van der Waals surface area contributed by atoms with E-state index >= 15 is 4.39 Å². The minimum atomic E-state index is -0.741. The summed E-state index contributed by atoms with van der Waals surface area (Å²) >= 11 is 0. The maximum absolute atomic E-state index is 15.0. The number of aromatic nitrogens is 3. The summed E-state index contributed by atoms with van der Waals surface area (Å²) in [5, 5.41) is 21.2. The third-order valence-electron chi connectivity index (χ3n) is 5.89. The Bertz CT molecular complexity index is 1440. The molecule has 0 saturated heterocycles. The van der Waals surface area contributed by atoms with Gasteiger partial charge in [-0.05, 0) is 61.9 Å². The van der Waals surface area contributed by atoms with Crippen molar-refractivity contribution in [2.75, 3.05) is 11.9 Å². The van der Waals surface area contributed by atoms with Crippen molar-refractivity contribution < 1.29 is 23.6 Å². The van der Waals surface area contributed by atoms with Gasteiger partial charge in [0.2, 0.25) is 0 Å². The van der Waals surface area contributed by atoms with Crippen LogP contribution in [0.15, 0.2) is 30.6 Å². The zero-order valence-electron chi connectivity index (χ0n) is 21.3. The Kier molecular flexibility index (Phi) is 6.22. The fourth-order valence-corrected chi connectivity index (χ4v) is 4.02. The van der Waals surface area contributed by atoms with E-state index < -0.39 is 33.7 Å².